The van der Waals surface area contributed by atoms with Gasteiger partial charge >= 0.3 is 5.28 Å². The zero-order valence-corrected chi connectivity index (χ0v) is 20.3. The highest BCUT2D eigenvalue weighted by Gasteiger charge is 2.58. The molecule has 2 saturated heterocycles. The van der Waals surface area contributed by atoms with Crippen molar-refractivity contribution in [1.29, 1.82) is 0 Å². The number of amides is 1. The summed E-state index contributed by atoms with van der Waals surface area (Å²) in [4.78, 5) is 28.7. The third-order valence-corrected chi connectivity index (χ3v) is 9.77. The predicted octanol–water partition coefficient (Wildman–Crippen LogP) is 0.304. The van der Waals surface area contributed by atoms with Crippen molar-refractivity contribution in [2.75, 3.05) is 6.54 Å². The molecule has 0 saturated carbocycles. The molecule has 2 aromatic rings. The van der Waals surface area contributed by atoms with E-state index in [1.165, 1.54) is 9.78 Å². The Labute approximate surface area is 198 Å². The fraction of sp³-hybridized carbons (Fsp3) is 0.571. The molecule has 0 aliphatic carbocycles. The first-order valence-corrected chi connectivity index (χ1v) is 12.8. The summed E-state index contributed by atoms with van der Waals surface area (Å²) in [5.41, 5.74) is -0.00577. The molecule has 0 spiro atoms. The van der Waals surface area contributed by atoms with Crippen LogP contribution in [0.1, 0.15) is 25.1 Å². The van der Waals surface area contributed by atoms with Gasteiger partial charge in [-0.3, -0.25) is 4.79 Å². The number of fused-ring (bicyclic) bond motifs is 2. The van der Waals surface area contributed by atoms with E-state index in [4.69, 9.17) is 11.6 Å². The molecule has 3 aliphatic rings. The highest BCUT2D eigenvalue weighted by Crippen LogP contribution is 2.51. The summed E-state index contributed by atoms with van der Waals surface area (Å²) in [5.74, 6) is -2.33. The minimum Gasteiger partial charge on any atom is -0.543 e. The van der Waals surface area contributed by atoms with Crippen LogP contribution in [0.25, 0.3) is 4.83 Å². The minimum atomic E-state index is -1.32. The molecule has 32 heavy (non-hydrogen) atoms. The number of halogens is 1. The molecule has 2 fully saturated rings. The number of thiazole rings is 1. The number of hydrogen-bond acceptors (Lipinski definition) is 7. The Morgan fingerprint density at radius 3 is 2.94 bits per heavy atom. The zero-order chi connectivity index (χ0) is 22.9. The number of aliphatic hydroxyl groups excluding tert-OH is 1. The molecular formula is C21H25ClN4O4S2. The fourth-order valence-corrected chi connectivity index (χ4v) is 8.17. The number of aliphatic hydroxyl groups is 1. The van der Waals surface area contributed by atoms with E-state index in [2.05, 4.69) is 11.5 Å². The van der Waals surface area contributed by atoms with Crippen LogP contribution in [0.4, 0.5) is 0 Å². The van der Waals surface area contributed by atoms with Crippen molar-refractivity contribution in [2.45, 2.75) is 50.1 Å². The monoisotopic (exact) mass is 496 g/mol. The van der Waals surface area contributed by atoms with Crippen molar-refractivity contribution >= 4 is 51.4 Å². The van der Waals surface area contributed by atoms with Crippen LogP contribution in [-0.2, 0) is 23.1 Å². The molecule has 8 nitrogen and oxygen atoms in total. The molecule has 172 valence electrons. The van der Waals surface area contributed by atoms with Crippen molar-refractivity contribution in [2.24, 2.45) is 18.9 Å². The third kappa shape index (κ3) is 3.38. The first-order valence-electron chi connectivity index (χ1n) is 10.7. The molecule has 1 amide bonds. The number of aliphatic carboxylic acids is 1. The molecule has 5 rings (SSSR count). The summed E-state index contributed by atoms with van der Waals surface area (Å²) in [6.07, 6.45) is 5.06. The molecule has 0 aromatic carbocycles. The van der Waals surface area contributed by atoms with Crippen molar-refractivity contribution < 1.29 is 24.4 Å². The van der Waals surface area contributed by atoms with Crippen molar-refractivity contribution in [3.63, 3.8) is 0 Å². The van der Waals surface area contributed by atoms with Gasteiger partial charge in [0.1, 0.15) is 12.4 Å². The standard InChI is InChI=1S/C21H25ClN4O4S2/c1-9-16-15(10(2)27)19(28)26(16)17(20(29)30)18(9)32-12-4-11(23-6-12)5-13-7-25-14(31-13)8-24(3)21(25)22/h7-12,15-16,23,27H,4-6H2,1-3H3/t9-,10-,11+,12+,15-,16-/m1/s1. The van der Waals surface area contributed by atoms with Gasteiger partial charge in [0.15, 0.2) is 0 Å². The maximum absolute atomic E-state index is 12.5. The van der Waals surface area contributed by atoms with E-state index in [-0.39, 0.29) is 34.9 Å². The van der Waals surface area contributed by atoms with E-state index in [1.54, 1.807) is 30.0 Å². The van der Waals surface area contributed by atoms with E-state index >= 15 is 0 Å². The highest BCUT2D eigenvalue weighted by molar-refractivity contribution is 8.03. The Morgan fingerprint density at radius 1 is 1.53 bits per heavy atom. The van der Waals surface area contributed by atoms with Crippen LogP contribution in [-0.4, -0.2) is 56.3 Å². The number of imidazole rings is 1. The van der Waals surface area contributed by atoms with Crippen LogP contribution in [0.15, 0.2) is 23.0 Å². The normalized spacial score (nSPS) is 30.8. The number of carbonyl (C=O) groups excluding carboxylic acids is 2. The Morgan fingerprint density at radius 2 is 2.28 bits per heavy atom. The molecule has 2 N–H and O–H groups in total. The summed E-state index contributed by atoms with van der Waals surface area (Å²) >= 11 is 9.58. The van der Waals surface area contributed by atoms with E-state index in [1.807, 2.05) is 29.1 Å². The van der Waals surface area contributed by atoms with Crippen LogP contribution in [0.3, 0.4) is 0 Å². The number of β-lactam (4-membered cyclic amide) rings is 1. The molecule has 0 unspecified atom stereocenters. The van der Waals surface area contributed by atoms with Gasteiger partial charge in [-0.25, -0.2) is 4.57 Å². The topological polar surface area (TPSA) is 101 Å². The lowest BCUT2D eigenvalue weighted by atomic mass is 9.79. The molecule has 2 aromatic heterocycles. The summed E-state index contributed by atoms with van der Waals surface area (Å²) in [5, 5.41) is 26.3. The quantitative estimate of drug-likeness (QED) is 0.441. The van der Waals surface area contributed by atoms with Crippen molar-refractivity contribution in [3.05, 3.63) is 33.2 Å². The molecule has 5 heterocycles. The van der Waals surface area contributed by atoms with Gasteiger partial charge < -0.3 is 25.2 Å². The second-order valence-electron chi connectivity index (χ2n) is 8.95. The number of aryl methyl sites for hydroxylation is 1. The number of rotatable bonds is 6. The SMILES string of the molecule is C[C@@H](O)[C@H]1C(=O)N2C(C(=O)[O-])=C(S[C@@H]3CN[C@H](Cc4cn5c(Cl)[n+](C)cc5s4)C3)[C@H](C)[C@H]12. The molecule has 0 bridgehead atoms. The number of carbonyl (C=O) groups is 2. The lowest BCUT2D eigenvalue weighted by molar-refractivity contribution is -0.667. The van der Waals surface area contributed by atoms with Crippen LogP contribution in [0, 0.1) is 11.8 Å². The number of nitrogens with one attached hydrogen (secondary N) is 1. The smallest absolute Gasteiger partial charge is 0.360 e. The largest absolute Gasteiger partial charge is 0.543 e. The van der Waals surface area contributed by atoms with Crippen LogP contribution in [0.2, 0.25) is 5.28 Å². The number of carboxylic acids is 1. The van der Waals surface area contributed by atoms with E-state index in [9.17, 15) is 19.8 Å². The van der Waals surface area contributed by atoms with Gasteiger partial charge in [-0.15, -0.1) is 11.8 Å². The van der Waals surface area contributed by atoms with E-state index in [0.717, 1.165) is 24.2 Å². The third-order valence-electron chi connectivity index (χ3n) is 6.76. The molecule has 3 aliphatic heterocycles. The molecular weight excluding hydrogens is 472 g/mol. The van der Waals surface area contributed by atoms with Gasteiger partial charge in [-0.05, 0) is 13.3 Å². The van der Waals surface area contributed by atoms with E-state index in [0.29, 0.717) is 10.2 Å². The number of carboxylic acid groups (broad SMARTS) is 1. The van der Waals surface area contributed by atoms with Gasteiger partial charge in [0.25, 0.3) is 0 Å². The Bertz CT molecular complexity index is 1140. The Kier molecular flexibility index (Phi) is 5.57. The average Bonchev–Trinajstić information content (AvgIpc) is 3.43. The molecule has 0 radical (unpaired) electrons. The Balaban J connectivity index is 1.28. The number of nitrogens with zero attached hydrogens (tertiary/aromatic N) is 3. The van der Waals surface area contributed by atoms with Crippen molar-refractivity contribution in [3.8, 4) is 0 Å². The lowest BCUT2D eigenvalue weighted by Gasteiger charge is -2.47. The van der Waals surface area contributed by atoms with Gasteiger partial charge in [-0.2, -0.15) is 4.40 Å². The molecule has 11 heteroatoms. The highest BCUT2D eigenvalue weighted by atomic mass is 35.5. The van der Waals surface area contributed by atoms with Crippen LogP contribution < -0.4 is 15.0 Å². The summed E-state index contributed by atoms with van der Waals surface area (Å²) < 4.78 is 3.87. The van der Waals surface area contributed by atoms with Gasteiger partial charge in [-0.1, -0.05) is 18.3 Å². The first-order chi connectivity index (χ1) is 15.2. The molecule has 6 atom stereocenters. The second-order valence-corrected chi connectivity index (χ2v) is 11.8. The van der Waals surface area contributed by atoms with Gasteiger partial charge in [0.2, 0.25) is 10.7 Å². The second kappa shape index (κ2) is 8.02. The lowest BCUT2D eigenvalue weighted by Crippen LogP contribution is -2.64. The van der Waals surface area contributed by atoms with Crippen molar-refractivity contribution in [1.82, 2.24) is 14.6 Å². The number of thioether (sulfide) groups is 1. The maximum Gasteiger partial charge on any atom is 0.360 e. The maximum atomic E-state index is 12.5. The van der Waals surface area contributed by atoms with E-state index < -0.39 is 18.0 Å². The summed E-state index contributed by atoms with van der Waals surface area (Å²) in [7, 11) is 1.92. The predicted molar refractivity (Wildman–Crippen MR) is 120 cm³/mol. The van der Waals surface area contributed by atoms with Crippen LogP contribution in [0.5, 0.6) is 0 Å². The van der Waals surface area contributed by atoms with Gasteiger partial charge in [0, 0.05) is 51.6 Å². The van der Waals surface area contributed by atoms with Gasteiger partial charge in [0.05, 0.1) is 36.8 Å². The fourth-order valence-electron chi connectivity index (χ4n) is 5.25. The number of aromatic nitrogens is 2. The van der Waals surface area contributed by atoms with Crippen LogP contribution >= 0.6 is 34.7 Å². The zero-order valence-electron chi connectivity index (χ0n) is 17.9. The number of hydrogen-bond donors (Lipinski definition) is 2. The Hall–Kier alpha value is -1.59. The summed E-state index contributed by atoms with van der Waals surface area (Å²) in [6, 6.07) is -0.0139. The summed E-state index contributed by atoms with van der Waals surface area (Å²) in [6.45, 7) is 4.29. The first kappa shape index (κ1) is 22.2. The average molecular weight is 497 g/mol. The minimum absolute atomic E-state index is 0.00577.